The van der Waals surface area contributed by atoms with E-state index in [0.717, 1.165) is 5.56 Å². The van der Waals surface area contributed by atoms with Crippen molar-refractivity contribution in [3.8, 4) is 0 Å². The van der Waals surface area contributed by atoms with Crippen molar-refractivity contribution in [2.45, 2.75) is 13.8 Å². The van der Waals surface area contributed by atoms with Gasteiger partial charge in [0.25, 0.3) is 10.1 Å². The molecule has 0 saturated heterocycles. The van der Waals surface area contributed by atoms with Crippen LogP contribution in [0, 0.1) is 13.8 Å². The van der Waals surface area contributed by atoms with E-state index >= 15 is 0 Å². The second-order valence-corrected chi connectivity index (χ2v) is 7.20. The third kappa shape index (κ3) is 4.33. The lowest BCUT2D eigenvalue weighted by Crippen LogP contribution is -2.23. The molecule has 0 fully saturated rings. The second-order valence-electron chi connectivity index (χ2n) is 3.66. The molecule has 0 amide bonds. The van der Waals surface area contributed by atoms with E-state index in [-0.39, 0.29) is 0 Å². The predicted octanol–water partition coefficient (Wildman–Crippen LogP) is 0.890. The number of nitrogens with one attached hydrogen (secondary N) is 1. The first kappa shape index (κ1) is 13.9. The molecular formula is C9H13NO5S2. The Morgan fingerprint density at radius 2 is 1.76 bits per heavy atom. The molecule has 0 aliphatic carbocycles. The van der Waals surface area contributed by atoms with E-state index in [9.17, 15) is 16.8 Å². The lowest BCUT2D eigenvalue weighted by atomic mass is 10.1. The molecule has 1 rings (SSSR count). The van der Waals surface area contributed by atoms with Crippen LogP contribution in [0.15, 0.2) is 18.2 Å². The molecule has 0 aromatic heterocycles. The van der Waals surface area contributed by atoms with Gasteiger partial charge in [0, 0.05) is 0 Å². The van der Waals surface area contributed by atoms with Crippen LogP contribution in [0.25, 0.3) is 0 Å². The molecule has 0 aliphatic heterocycles. The number of hydrogen-bond donors (Lipinski definition) is 2. The van der Waals surface area contributed by atoms with Gasteiger partial charge in [0.15, 0.2) is 5.08 Å². The minimum Gasteiger partial charge on any atom is -0.285 e. The molecule has 2 N–H and O–H groups in total. The fourth-order valence-electron chi connectivity index (χ4n) is 1.25. The number of hydrogen-bond acceptors (Lipinski definition) is 4. The summed E-state index contributed by atoms with van der Waals surface area (Å²) in [4.78, 5) is 0. The van der Waals surface area contributed by atoms with Crippen LogP contribution in [0.1, 0.15) is 11.1 Å². The molecule has 8 heteroatoms. The maximum absolute atomic E-state index is 11.4. The Kier molecular flexibility index (Phi) is 3.80. The van der Waals surface area contributed by atoms with E-state index in [0.29, 0.717) is 11.3 Å². The Labute approximate surface area is 100 Å². The summed E-state index contributed by atoms with van der Waals surface area (Å²) < 4.78 is 54.5. The third-order valence-electron chi connectivity index (χ3n) is 2.17. The predicted molar refractivity (Wildman–Crippen MR) is 64.9 cm³/mol. The van der Waals surface area contributed by atoms with Crippen LogP contribution in [-0.4, -0.2) is 26.5 Å². The molecule has 1 aromatic rings. The summed E-state index contributed by atoms with van der Waals surface area (Å²) in [6, 6.07) is 4.97. The zero-order valence-electron chi connectivity index (χ0n) is 9.34. The summed E-state index contributed by atoms with van der Waals surface area (Å²) in [5.41, 5.74) is 1.87. The van der Waals surface area contributed by atoms with Crippen molar-refractivity contribution < 1.29 is 21.4 Å². The maximum Gasteiger partial charge on any atom is 0.281 e. The lowest BCUT2D eigenvalue weighted by molar-refractivity contribution is 0.487. The molecule has 96 valence electrons. The van der Waals surface area contributed by atoms with Crippen molar-refractivity contribution >= 4 is 25.8 Å². The normalized spacial score (nSPS) is 12.4. The van der Waals surface area contributed by atoms with Crippen molar-refractivity contribution in [3.63, 3.8) is 0 Å². The van der Waals surface area contributed by atoms with E-state index in [1.165, 1.54) is 6.07 Å². The maximum atomic E-state index is 11.4. The van der Waals surface area contributed by atoms with E-state index in [1.54, 1.807) is 26.0 Å². The highest BCUT2D eigenvalue weighted by atomic mass is 32.3. The molecule has 0 bridgehead atoms. The molecule has 0 spiro atoms. The van der Waals surface area contributed by atoms with Crippen LogP contribution in [0.3, 0.4) is 0 Å². The smallest absolute Gasteiger partial charge is 0.281 e. The molecule has 0 atom stereocenters. The molecule has 1 aromatic carbocycles. The quantitative estimate of drug-likeness (QED) is 0.797. The summed E-state index contributed by atoms with van der Waals surface area (Å²) in [5, 5.41) is -1.35. The van der Waals surface area contributed by atoms with Crippen LogP contribution < -0.4 is 4.72 Å². The van der Waals surface area contributed by atoms with Gasteiger partial charge in [-0.05, 0) is 31.0 Å². The number of anilines is 1. The number of sulfonamides is 1. The highest BCUT2D eigenvalue weighted by molar-refractivity contribution is 8.06. The van der Waals surface area contributed by atoms with Gasteiger partial charge in [-0.1, -0.05) is 12.1 Å². The van der Waals surface area contributed by atoms with Crippen LogP contribution in [0.4, 0.5) is 5.69 Å². The van der Waals surface area contributed by atoms with E-state index in [2.05, 4.69) is 4.72 Å². The van der Waals surface area contributed by atoms with Crippen molar-refractivity contribution in [3.05, 3.63) is 29.3 Å². The molecule has 0 radical (unpaired) electrons. The molecule has 0 saturated carbocycles. The molecule has 0 aliphatic rings. The zero-order chi connectivity index (χ0) is 13.3. The highest BCUT2D eigenvalue weighted by Crippen LogP contribution is 2.19. The van der Waals surface area contributed by atoms with Gasteiger partial charge >= 0.3 is 0 Å². The van der Waals surface area contributed by atoms with Crippen molar-refractivity contribution in [1.29, 1.82) is 0 Å². The highest BCUT2D eigenvalue weighted by Gasteiger charge is 2.20. The summed E-state index contributed by atoms with van der Waals surface area (Å²) in [6.07, 6.45) is 0. The topological polar surface area (TPSA) is 101 Å². The van der Waals surface area contributed by atoms with Crippen LogP contribution in [0.2, 0.25) is 0 Å². The van der Waals surface area contributed by atoms with Crippen LogP contribution >= 0.6 is 0 Å². The monoisotopic (exact) mass is 279 g/mol. The first-order chi connectivity index (χ1) is 7.61. The fraction of sp³-hybridized carbons (Fsp3) is 0.333. The van der Waals surface area contributed by atoms with E-state index in [4.69, 9.17) is 4.55 Å². The average molecular weight is 279 g/mol. The Balaban J connectivity index is 3.03. The van der Waals surface area contributed by atoms with Gasteiger partial charge in [0.2, 0.25) is 10.0 Å². The average Bonchev–Trinajstić information content (AvgIpc) is 2.08. The van der Waals surface area contributed by atoms with Gasteiger partial charge < -0.3 is 0 Å². The third-order valence-corrected chi connectivity index (χ3v) is 5.14. The molecule has 17 heavy (non-hydrogen) atoms. The summed E-state index contributed by atoms with van der Waals surface area (Å²) >= 11 is 0. The van der Waals surface area contributed by atoms with Crippen molar-refractivity contribution in [2.24, 2.45) is 0 Å². The van der Waals surface area contributed by atoms with Crippen LogP contribution in [0.5, 0.6) is 0 Å². The van der Waals surface area contributed by atoms with E-state index in [1.807, 2.05) is 0 Å². The first-order valence-corrected chi connectivity index (χ1v) is 7.89. The Hall–Kier alpha value is -1.12. The Bertz CT molecular complexity index is 619. The summed E-state index contributed by atoms with van der Waals surface area (Å²) in [6.45, 7) is 3.51. The summed E-state index contributed by atoms with van der Waals surface area (Å²) in [5.74, 6) is 0. The van der Waals surface area contributed by atoms with Gasteiger partial charge in [-0.2, -0.15) is 8.42 Å². The molecule has 6 nitrogen and oxygen atoms in total. The van der Waals surface area contributed by atoms with Gasteiger partial charge in [-0.15, -0.1) is 0 Å². The van der Waals surface area contributed by atoms with Crippen molar-refractivity contribution in [1.82, 2.24) is 0 Å². The second kappa shape index (κ2) is 4.63. The molecule has 0 heterocycles. The van der Waals surface area contributed by atoms with Gasteiger partial charge in [-0.3, -0.25) is 9.27 Å². The largest absolute Gasteiger partial charge is 0.285 e. The number of aryl methyl sites for hydroxylation is 1. The minimum absolute atomic E-state index is 0.300. The molecule has 0 unspecified atom stereocenters. The minimum atomic E-state index is -4.58. The lowest BCUT2D eigenvalue weighted by Gasteiger charge is -2.10. The van der Waals surface area contributed by atoms with Gasteiger partial charge in [-0.25, -0.2) is 8.42 Å². The van der Waals surface area contributed by atoms with E-state index < -0.39 is 25.2 Å². The molecular weight excluding hydrogens is 266 g/mol. The fourth-order valence-corrected chi connectivity index (χ4v) is 3.62. The number of benzene rings is 1. The number of rotatable bonds is 4. The van der Waals surface area contributed by atoms with Gasteiger partial charge in [0.05, 0.1) is 5.69 Å². The van der Waals surface area contributed by atoms with Gasteiger partial charge in [0.1, 0.15) is 0 Å². The first-order valence-electron chi connectivity index (χ1n) is 4.62. The van der Waals surface area contributed by atoms with Crippen molar-refractivity contribution in [2.75, 3.05) is 9.81 Å². The standard InChI is InChI=1S/C9H13NO5S2/c1-7-4-3-5-9(8(7)2)10-16(11,12)6-17(13,14)15/h3-5,10H,6H2,1-2H3,(H,13,14,15). The zero-order valence-corrected chi connectivity index (χ0v) is 11.0. The SMILES string of the molecule is Cc1cccc(NS(=O)(=O)CS(=O)(=O)O)c1C. The Morgan fingerprint density at radius 3 is 2.29 bits per heavy atom. The summed E-state index contributed by atoms with van der Waals surface area (Å²) in [7, 11) is -8.69. The Morgan fingerprint density at radius 1 is 1.18 bits per heavy atom. The van der Waals surface area contributed by atoms with Crippen LogP contribution in [-0.2, 0) is 20.1 Å².